The maximum absolute atomic E-state index is 11.1. The van der Waals surface area contributed by atoms with E-state index in [4.69, 9.17) is 10.5 Å². The van der Waals surface area contributed by atoms with Crippen molar-refractivity contribution < 1.29 is 9.53 Å². The van der Waals surface area contributed by atoms with E-state index in [2.05, 4.69) is 6.92 Å². The SMILES string of the molecule is CCCCN1CC(CN)OC1=O. The standard InChI is InChI=1S/C8H16N2O2/c1-2-3-4-10-6-7(5-9)12-8(10)11/h7H,2-6,9H2,1H3. The van der Waals surface area contributed by atoms with Gasteiger partial charge in [-0.1, -0.05) is 13.3 Å². The molecule has 1 atom stereocenters. The van der Waals surface area contributed by atoms with Crippen molar-refractivity contribution in [1.29, 1.82) is 0 Å². The number of ether oxygens (including phenoxy) is 1. The molecule has 0 aliphatic carbocycles. The summed E-state index contributed by atoms with van der Waals surface area (Å²) >= 11 is 0. The van der Waals surface area contributed by atoms with Crippen LogP contribution < -0.4 is 5.73 Å². The van der Waals surface area contributed by atoms with Gasteiger partial charge in [0.25, 0.3) is 0 Å². The van der Waals surface area contributed by atoms with Crippen LogP contribution in [0.2, 0.25) is 0 Å². The van der Waals surface area contributed by atoms with Gasteiger partial charge < -0.3 is 15.4 Å². The van der Waals surface area contributed by atoms with Gasteiger partial charge in [-0.2, -0.15) is 0 Å². The Hall–Kier alpha value is -0.770. The second-order valence-corrected chi connectivity index (χ2v) is 3.04. The lowest BCUT2D eigenvalue weighted by molar-refractivity contribution is 0.135. The average Bonchev–Trinajstić information content (AvgIpc) is 2.43. The molecule has 0 bridgehead atoms. The van der Waals surface area contributed by atoms with E-state index >= 15 is 0 Å². The maximum atomic E-state index is 11.1. The van der Waals surface area contributed by atoms with Crippen LogP contribution in [0.5, 0.6) is 0 Å². The molecule has 0 aromatic carbocycles. The lowest BCUT2D eigenvalue weighted by Crippen LogP contribution is -2.28. The quantitative estimate of drug-likeness (QED) is 0.674. The van der Waals surface area contributed by atoms with Gasteiger partial charge in [0.05, 0.1) is 6.54 Å². The zero-order chi connectivity index (χ0) is 8.97. The third-order valence-corrected chi connectivity index (χ3v) is 1.99. The zero-order valence-electron chi connectivity index (χ0n) is 7.45. The summed E-state index contributed by atoms with van der Waals surface area (Å²) in [5.41, 5.74) is 5.38. The first kappa shape index (κ1) is 9.32. The van der Waals surface area contributed by atoms with Crippen molar-refractivity contribution in [3.05, 3.63) is 0 Å². The lowest BCUT2D eigenvalue weighted by Gasteiger charge is -2.10. The van der Waals surface area contributed by atoms with Crippen LogP contribution in [0, 0.1) is 0 Å². The van der Waals surface area contributed by atoms with Gasteiger partial charge >= 0.3 is 6.09 Å². The lowest BCUT2D eigenvalue weighted by atomic mass is 10.3. The van der Waals surface area contributed by atoms with E-state index in [9.17, 15) is 4.79 Å². The molecule has 1 fully saturated rings. The molecule has 4 nitrogen and oxygen atoms in total. The van der Waals surface area contributed by atoms with E-state index in [1.54, 1.807) is 4.90 Å². The Balaban J connectivity index is 2.31. The Kier molecular flexibility index (Phi) is 3.34. The van der Waals surface area contributed by atoms with Crippen LogP contribution in [0.25, 0.3) is 0 Å². The van der Waals surface area contributed by atoms with Crippen molar-refractivity contribution in [2.24, 2.45) is 5.73 Å². The minimum atomic E-state index is -0.209. The molecule has 0 radical (unpaired) electrons. The Bertz CT molecular complexity index is 161. The van der Waals surface area contributed by atoms with Gasteiger partial charge in [-0.25, -0.2) is 4.79 Å². The number of cyclic esters (lactones) is 1. The van der Waals surface area contributed by atoms with E-state index in [0.717, 1.165) is 19.4 Å². The summed E-state index contributed by atoms with van der Waals surface area (Å²) in [4.78, 5) is 12.8. The largest absolute Gasteiger partial charge is 0.443 e. The van der Waals surface area contributed by atoms with Crippen LogP contribution in [-0.4, -0.2) is 36.7 Å². The first-order valence-corrected chi connectivity index (χ1v) is 4.43. The number of hydrogen-bond donors (Lipinski definition) is 1. The van der Waals surface area contributed by atoms with Crippen LogP contribution >= 0.6 is 0 Å². The number of nitrogens with zero attached hydrogens (tertiary/aromatic N) is 1. The Morgan fingerprint density at radius 1 is 1.75 bits per heavy atom. The molecule has 2 N–H and O–H groups in total. The van der Waals surface area contributed by atoms with Gasteiger partial charge in [0, 0.05) is 13.1 Å². The van der Waals surface area contributed by atoms with Crippen molar-refractivity contribution in [1.82, 2.24) is 4.90 Å². The number of nitrogens with two attached hydrogens (primary N) is 1. The molecule has 1 unspecified atom stereocenters. The minimum absolute atomic E-state index is 0.0886. The molecule has 1 aliphatic rings. The molecule has 0 aromatic rings. The highest BCUT2D eigenvalue weighted by molar-refractivity contribution is 5.69. The van der Waals surface area contributed by atoms with E-state index in [0.29, 0.717) is 13.1 Å². The highest BCUT2D eigenvalue weighted by atomic mass is 16.6. The van der Waals surface area contributed by atoms with E-state index in [1.165, 1.54) is 0 Å². The maximum Gasteiger partial charge on any atom is 0.410 e. The van der Waals surface area contributed by atoms with Crippen molar-refractivity contribution >= 4 is 6.09 Å². The van der Waals surface area contributed by atoms with Gasteiger partial charge in [-0.15, -0.1) is 0 Å². The van der Waals surface area contributed by atoms with E-state index < -0.39 is 0 Å². The molecule has 1 aliphatic heterocycles. The van der Waals surface area contributed by atoms with Gasteiger partial charge in [-0.05, 0) is 6.42 Å². The highest BCUT2D eigenvalue weighted by Gasteiger charge is 2.29. The summed E-state index contributed by atoms with van der Waals surface area (Å²) in [5, 5.41) is 0. The first-order chi connectivity index (χ1) is 5.77. The van der Waals surface area contributed by atoms with E-state index in [-0.39, 0.29) is 12.2 Å². The summed E-state index contributed by atoms with van der Waals surface area (Å²) in [5.74, 6) is 0. The van der Waals surface area contributed by atoms with Gasteiger partial charge in [-0.3, -0.25) is 0 Å². The van der Waals surface area contributed by atoms with Gasteiger partial charge in [0.15, 0.2) is 0 Å². The second-order valence-electron chi connectivity index (χ2n) is 3.04. The molecular weight excluding hydrogens is 156 g/mol. The van der Waals surface area contributed by atoms with Gasteiger partial charge in [0.2, 0.25) is 0 Å². The van der Waals surface area contributed by atoms with Crippen LogP contribution in [0.4, 0.5) is 4.79 Å². The fraction of sp³-hybridized carbons (Fsp3) is 0.875. The summed E-state index contributed by atoms with van der Waals surface area (Å²) in [6, 6.07) is 0. The normalized spacial score (nSPS) is 23.0. The predicted molar refractivity (Wildman–Crippen MR) is 45.8 cm³/mol. The molecule has 1 rings (SSSR count). The number of hydrogen-bond acceptors (Lipinski definition) is 3. The number of unbranched alkanes of at least 4 members (excludes halogenated alkanes) is 1. The summed E-state index contributed by atoms with van der Waals surface area (Å²) in [6.07, 6.45) is 1.83. The second kappa shape index (κ2) is 4.30. The number of amides is 1. The fourth-order valence-corrected chi connectivity index (χ4v) is 1.23. The van der Waals surface area contributed by atoms with Crippen molar-refractivity contribution in [2.75, 3.05) is 19.6 Å². The summed E-state index contributed by atoms with van der Waals surface area (Å²) in [6.45, 7) is 3.98. The molecule has 4 heteroatoms. The third-order valence-electron chi connectivity index (χ3n) is 1.99. The third kappa shape index (κ3) is 2.11. The topological polar surface area (TPSA) is 55.6 Å². The van der Waals surface area contributed by atoms with Crippen LogP contribution in [0.1, 0.15) is 19.8 Å². The first-order valence-electron chi connectivity index (χ1n) is 4.43. The summed E-state index contributed by atoms with van der Waals surface area (Å²) < 4.78 is 4.98. The van der Waals surface area contributed by atoms with Crippen molar-refractivity contribution in [3.8, 4) is 0 Å². The predicted octanol–water partition coefficient (Wildman–Crippen LogP) is 0.566. The van der Waals surface area contributed by atoms with Crippen molar-refractivity contribution in [3.63, 3.8) is 0 Å². The molecule has 0 aromatic heterocycles. The average molecular weight is 172 g/mol. The summed E-state index contributed by atoms with van der Waals surface area (Å²) in [7, 11) is 0. The zero-order valence-corrected chi connectivity index (χ0v) is 7.45. The molecule has 1 amide bonds. The van der Waals surface area contributed by atoms with Crippen LogP contribution in [0.3, 0.4) is 0 Å². The monoisotopic (exact) mass is 172 g/mol. The van der Waals surface area contributed by atoms with Crippen molar-refractivity contribution in [2.45, 2.75) is 25.9 Å². The molecule has 1 saturated heterocycles. The van der Waals surface area contributed by atoms with Gasteiger partial charge in [0.1, 0.15) is 6.10 Å². The molecular formula is C8H16N2O2. The Morgan fingerprint density at radius 3 is 3.00 bits per heavy atom. The Labute approximate surface area is 72.7 Å². The molecule has 0 saturated carbocycles. The fourth-order valence-electron chi connectivity index (χ4n) is 1.23. The van der Waals surface area contributed by atoms with Crippen LogP contribution in [-0.2, 0) is 4.74 Å². The highest BCUT2D eigenvalue weighted by Crippen LogP contribution is 2.10. The number of carbonyl (C=O) groups excluding carboxylic acids is 1. The smallest absolute Gasteiger partial charge is 0.410 e. The molecule has 12 heavy (non-hydrogen) atoms. The number of rotatable bonds is 4. The number of carbonyl (C=O) groups is 1. The minimum Gasteiger partial charge on any atom is -0.443 e. The Morgan fingerprint density at radius 2 is 2.50 bits per heavy atom. The van der Waals surface area contributed by atoms with E-state index in [1.807, 2.05) is 0 Å². The molecule has 70 valence electrons. The van der Waals surface area contributed by atoms with Crippen LogP contribution in [0.15, 0.2) is 0 Å². The molecule has 0 spiro atoms. The molecule has 1 heterocycles.